The van der Waals surface area contributed by atoms with Crippen LogP contribution in [0.5, 0.6) is 0 Å². The summed E-state index contributed by atoms with van der Waals surface area (Å²) in [6, 6.07) is 0.418. The molecule has 0 aromatic heterocycles. The van der Waals surface area contributed by atoms with Crippen LogP contribution in [-0.4, -0.2) is 17.5 Å². The maximum Gasteiger partial charge on any atom is 0.189 e. The number of aliphatic imine (C=N–C) groups is 1. The SMILES string of the molecule is CC1CCC(N=C(N)NC(C)(C)C)CC1C. The van der Waals surface area contributed by atoms with E-state index in [4.69, 9.17) is 5.73 Å². The van der Waals surface area contributed by atoms with Crippen LogP contribution in [0, 0.1) is 11.8 Å². The molecule has 0 spiro atoms. The topological polar surface area (TPSA) is 50.4 Å². The summed E-state index contributed by atoms with van der Waals surface area (Å²) in [5.41, 5.74) is 5.91. The molecule has 16 heavy (non-hydrogen) atoms. The molecule has 3 nitrogen and oxygen atoms in total. The van der Waals surface area contributed by atoms with Gasteiger partial charge in [-0.15, -0.1) is 0 Å². The molecule has 3 N–H and O–H groups in total. The van der Waals surface area contributed by atoms with Crippen LogP contribution in [0.3, 0.4) is 0 Å². The van der Waals surface area contributed by atoms with Gasteiger partial charge >= 0.3 is 0 Å². The summed E-state index contributed by atoms with van der Waals surface area (Å²) in [6.07, 6.45) is 3.63. The summed E-state index contributed by atoms with van der Waals surface area (Å²) in [6.45, 7) is 10.9. The highest BCUT2D eigenvalue weighted by atomic mass is 15.1. The van der Waals surface area contributed by atoms with Crippen LogP contribution in [0.2, 0.25) is 0 Å². The fourth-order valence-corrected chi connectivity index (χ4v) is 2.25. The molecule has 1 saturated carbocycles. The summed E-state index contributed by atoms with van der Waals surface area (Å²) in [7, 11) is 0. The summed E-state index contributed by atoms with van der Waals surface area (Å²) in [4.78, 5) is 4.59. The van der Waals surface area contributed by atoms with Gasteiger partial charge in [-0.05, 0) is 51.9 Å². The molecule has 0 heterocycles. The van der Waals surface area contributed by atoms with Crippen molar-refractivity contribution in [1.29, 1.82) is 0 Å². The van der Waals surface area contributed by atoms with E-state index in [2.05, 4.69) is 44.9 Å². The first-order chi connectivity index (χ1) is 7.28. The van der Waals surface area contributed by atoms with Crippen molar-refractivity contribution in [2.45, 2.75) is 65.5 Å². The molecule has 0 amide bonds. The molecular weight excluding hydrogens is 198 g/mol. The Morgan fingerprint density at radius 1 is 1.19 bits per heavy atom. The standard InChI is InChI=1S/C13H27N3/c1-9-6-7-11(8-10(9)2)15-12(14)16-13(3,4)5/h9-11H,6-8H2,1-5H3,(H3,14,15,16). The highest BCUT2D eigenvalue weighted by Gasteiger charge is 2.24. The number of nitrogens with zero attached hydrogens (tertiary/aromatic N) is 1. The van der Waals surface area contributed by atoms with Gasteiger partial charge in [-0.25, -0.2) is 0 Å². The second-order valence-electron chi connectivity index (χ2n) is 6.31. The summed E-state index contributed by atoms with van der Waals surface area (Å²) in [5, 5.41) is 3.22. The molecule has 94 valence electrons. The second kappa shape index (κ2) is 5.07. The molecule has 3 atom stereocenters. The number of hydrogen-bond acceptors (Lipinski definition) is 1. The van der Waals surface area contributed by atoms with Crippen molar-refractivity contribution in [2.24, 2.45) is 22.6 Å². The molecular formula is C13H27N3. The van der Waals surface area contributed by atoms with Crippen molar-refractivity contribution in [3.63, 3.8) is 0 Å². The van der Waals surface area contributed by atoms with Gasteiger partial charge in [-0.2, -0.15) is 0 Å². The molecule has 3 unspecified atom stereocenters. The molecule has 0 aromatic carbocycles. The lowest BCUT2D eigenvalue weighted by molar-refractivity contribution is 0.252. The third-order valence-corrected chi connectivity index (χ3v) is 3.40. The maximum atomic E-state index is 5.91. The van der Waals surface area contributed by atoms with E-state index in [1.54, 1.807) is 0 Å². The zero-order valence-corrected chi connectivity index (χ0v) is 11.4. The Morgan fingerprint density at radius 2 is 1.81 bits per heavy atom. The van der Waals surface area contributed by atoms with Crippen LogP contribution in [0.15, 0.2) is 4.99 Å². The Balaban J connectivity index is 2.50. The molecule has 1 fully saturated rings. The lowest BCUT2D eigenvalue weighted by Crippen LogP contribution is -2.45. The van der Waals surface area contributed by atoms with Crippen molar-refractivity contribution in [1.82, 2.24) is 5.32 Å². The van der Waals surface area contributed by atoms with Gasteiger partial charge in [-0.3, -0.25) is 4.99 Å². The quantitative estimate of drug-likeness (QED) is 0.532. The largest absolute Gasteiger partial charge is 0.370 e. The van der Waals surface area contributed by atoms with E-state index >= 15 is 0 Å². The van der Waals surface area contributed by atoms with Crippen LogP contribution >= 0.6 is 0 Å². The first-order valence-electron chi connectivity index (χ1n) is 6.39. The van der Waals surface area contributed by atoms with Crippen molar-refractivity contribution in [2.75, 3.05) is 0 Å². The van der Waals surface area contributed by atoms with Gasteiger partial charge in [0.2, 0.25) is 0 Å². The van der Waals surface area contributed by atoms with E-state index in [-0.39, 0.29) is 5.54 Å². The minimum absolute atomic E-state index is 0.00115. The maximum absolute atomic E-state index is 5.91. The van der Waals surface area contributed by atoms with Crippen LogP contribution in [0.4, 0.5) is 0 Å². The monoisotopic (exact) mass is 225 g/mol. The number of rotatable bonds is 1. The predicted molar refractivity (Wildman–Crippen MR) is 70.5 cm³/mol. The highest BCUT2D eigenvalue weighted by Crippen LogP contribution is 2.30. The molecule has 1 aliphatic rings. The molecule has 1 rings (SSSR count). The number of nitrogens with one attached hydrogen (secondary N) is 1. The van der Waals surface area contributed by atoms with Gasteiger partial charge in [0.05, 0.1) is 6.04 Å². The lowest BCUT2D eigenvalue weighted by Gasteiger charge is -2.30. The number of guanidine groups is 1. The van der Waals surface area contributed by atoms with Crippen LogP contribution in [0.1, 0.15) is 53.9 Å². The van der Waals surface area contributed by atoms with Crippen molar-refractivity contribution >= 4 is 5.96 Å². The number of nitrogens with two attached hydrogens (primary N) is 1. The highest BCUT2D eigenvalue weighted by molar-refractivity contribution is 5.78. The normalized spacial score (nSPS) is 32.6. The molecule has 0 bridgehead atoms. The average molecular weight is 225 g/mol. The summed E-state index contributed by atoms with van der Waals surface area (Å²) < 4.78 is 0. The average Bonchev–Trinajstić information content (AvgIpc) is 2.08. The first kappa shape index (κ1) is 13.3. The molecule has 1 aliphatic carbocycles. The fraction of sp³-hybridized carbons (Fsp3) is 0.923. The Hall–Kier alpha value is -0.730. The van der Waals surface area contributed by atoms with E-state index in [1.165, 1.54) is 19.3 Å². The van der Waals surface area contributed by atoms with Crippen LogP contribution in [0.25, 0.3) is 0 Å². The van der Waals surface area contributed by atoms with Gasteiger partial charge in [-0.1, -0.05) is 13.8 Å². The Bertz CT molecular complexity index is 252. The van der Waals surface area contributed by atoms with E-state index in [0.717, 1.165) is 11.8 Å². The fourth-order valence-electron chi connectivity index (χ4n) is 2.25. The molecule has 0 radical (unpaired) electrons. The zero-order chi connectivity index (χ0) is 12.3. The Labute approximate surface area is 99.9 Å². The third kappa shape index (κ3) is 4.42. The van der Waals surface area contributed by atoms with Gasteiger partial charge in [0.25, 0.3) is 0 Å². The van der Waals surface area contributed by atoms with Crippen molar-refractivity contribution in [3.05, 3.63) is 0 Å². The van der Waals surface area contributed by atoms with Gasteiger partial charge in [0.1, 0.15) is 0 Å². The minimum Gasteiger partial charge on any atom is -0.370 e. The van der Waals surface area contributed by atoms with E-state index in [0.29, 0.717) is 12.0 Å². The van der Waals surface area contributed by atoms with Gasteiger partial charge < -0.3 is 11.1 Å². The molecule has 0 aromatic rings. The minimum atomic E-state index is 0.00115. The second-order valence-corrected chi connectivity index (χ2v) is 6.31. The Kier molecular flexibility index (Phi) is 4.22. The molecule has 3 heteroatoms. The first-order valence-corrected chi connectivity index (χ1v) is 6.39. The third-order valence-electron chi connectivity index (χ3n) is 3.40. The smallest absolute Gasteiger partial charge is 0.189 e. The van der Waals surface area contributed by atoms with Crippen molar-refractivity contribution in [3.8, 4) is 0 Å². The van der Waals surface area contributed by atoms with Crippen LogP contribution < -0.4 is 11.1 Å². The molecule has 0 saturated heterocycles. The van der Waals surface area contributed by atoms with Gasteiger partial charge in [0, 0.05) is 5.54 Å². The van der Waals surface area contributed by atoms with E-state index in [1.807, 2.05) is 0 Å². The van der Waals surface area contributed by atoms with E-state index in [9.17, 15) is 0 Å². The number of hydrogen-bond donors (Lipinski definition) is 2. The summed E-state index contributed by atoms with van der Waals surface area (Å²) in [5.74, 6) is 2.20. The van der Waals surface area contributed by atoms with Crippen LogP contribution in [-0.2, 0) is 0 Å². The van der Waals surface area contributed by atoms with Crippen molar-refractivity contribution < 1.29 is 0 Å². The Morgan fingerprint density at radius 3 is 2.31 bits per heavy atom. The summed E-state index contributed by atoms with van der Waals surface area (Å²) >= 11 is 0. The predicted octanol–water partition coefficient (Wildman–Crippen LogP) is 2.51. The van der Waals surface area contributed by atoms with Gasteiger partial charge in [0.15, 0.2) is 5.96 Å². The zero-order valence-electron chi connectivity index (χ0n) is 11.4. The lowest BCUT2D eigenvalue weighted by atomic mass is 9.79. The molecule has 0 aliphatic heterocycles. The van der Waals surface area contributed by atoms with E-state index < -0.39 is 0 Å².